The Labute approximate surface area is 103 Å². The van der Waals surface area contributed by atoms with Crippen LogP contribution in [0.25, 0.3) is 0 Å². The van der Waals surface area contributed by atoms with Gasteiger partial charge in [0.05, 0.1) is 11.6 Å². The van der Waals surface area contributed by atoms with Crippen LogP contribution in [0.5, 0.6) is 0 Å². The van der Waals surface area contributed by atoms with Crippen LogP contribution < -0.4 is 0 Å². The normalized spacial score (nSPS) is 11.0. The molecule has 0 aliphatic rings. The average Bonchev–Trinajstić information content (AvgIpc) is 2.66. The highest BCUT2D eigenvalue weighted by Crippen LogP contribution is 2.18. The van der Waals surface area contributed by atoms with Gasteiger partial charge < -0.3 is 4.74 Å². The van der Waals surface area contributed by atoms with Gasteiger partial charge in [-0.15, -0.1) is 11.6 Å². The molecule has 0 saturated heterocycles. The quantitative estimate of drug-likeness (QED) is 0.545. The average molecular weight is 245 g/mol. The van der Waals surface area contributed by atoms with Gasteiger partial charge in [0.2, 0.25) is 0 Å². The zero-order chi connectivity index (χ0) is 12.0. The van der Waals surface area contributed by atoms with Crippen molar-refractivity contribution in [3.05, 3.63) is 17.0 Å². The van der Waals surface area contributed by atoms with Crippen molar-refractivity contribution in [2.24, 2.45) is 0 Å². The van der Waals surface area contributed by atoms with Crippen LogP contribution in [-0.4, -0.2) is 23.5 Å². The standard InChI is InChI=1S/C12H21ClN2O/c1-4-11-10(9-13)12(5-2)15(14-11)7-6-8-16-3/h4-9H2,1-3H3. The van der Waals surface area contributed by atoms with Crippen molar-refractivity contribution >= 4 is 11.6 Å². The third kappa shape index (κ3) is 2.98. The first-order chi connectivity index (χ1) is 7.78. The fourth-order valence-electron chi connectivity index (χ4n) is 1.97. The SMILES string of the molecule is CCc1nn(CCCOC)c(CC)c1CCl. The molecule has 0 radical (unpaired) electrons. The molecule has 0 aliphatic carbocycles. The van der Waals surface area contributed by atoms with Gasteiger partial charge in [0.25, 0.3) is 0 Å². The monoisotopic (exact) mass is 244 g/mol. The van der Waals surface area contributed by atoms with E-state index in [0.717, 1.165) is 38.1 Å². The second-order valence-corrected chi connectivity index (χ2v) is 4.05. The second kappa shape index (κ2) is 6.92. The van der Waals surface area contributed by atoms with Crippen LogP contribution in [0.4, 0.5) is 0 Å². The lowest BCUT2D eigenvalue weighted by atomic mass is 10.1. The van der Waals surface area contributed by atoms with Gasteiger partial charge in [-0.1, -0.05) is 13.8 Å². The largest absolute Gasteiger partial charge is 0.385 e. The van der Waals surface area contributed by atoms with E-state index in [9.17, 15) is 0 Å². The molecule has 0 aliphatic heterocycles. The highest BCUT2D eigenvalue weighted by atomic mass is 35.5. The van der Waals surface area contributed by atoms with Crippen molar-refractivity contribution in [3.63, 3.8) is 0 Å². The van der Waals surface area contributed by atoms with Crippen LogP contribution in [0.2, 0.25) is 0 Å². The smallest absolute Gasteiger partial charge is 0.0668 e. The third-order valence-electron chi connectivity index (χ3n) is 2.77. The number of rotatable bonds is 7. The Morgan fingerprint density at radius 3 is 2.56 bits per heavy atom. The van der Waals surface area contributed by atoms with Gasteiger partial charge in [-0.2, -0.15) is 5.10 Å². The summed E-state index contributed by atoms with van der Waals surface area (Å²) < 4.78 is 7.15. The number of nitrogens with zero attached hydrogens (tertiary/aromatic N) is 2. The van der Waals surface area contributed by atoms with Crippen LogP contribution in [-0.2, 0) is 30.0 Å². The number of hydrogen-bond acceptors (Lipinski definition) is 2. The first-order valence-electron chi connectivity index (χ1n) is 5.90. The minimum atomic E-state index is 0.566. The third-order valence-corrected chi connectivity index (χ3v) is 3.04. The molecule has 1 aromatic rings. The lowest BCUT2D eigenvalue weighted by Gasteiger charge is -2.06. The van der Waals surface area contributed by atoms with Crippen molar-refractivity contribution in [3.8, 4) is 0 Å². The molecule has 0 bridgehead atoms. The first-order valence-corrected chi connectivity index (χ1v) is 6.44. The fraction of sp³-hybridized carbons (Fsp3) is 0.750. The number of hydrogen-bond donors (Lipinski definition) is 0. The van der Waals surface area contributed by atoms with E-state index in [4.69, 9.17) is 16.3 Å². The predicted octanol–water partition coefficient (Wildman–Crippen LogP) is 2.78. The minimum Gasteiger partial charge on any atom is -0.385 e. The van der Waals surface area contributed by atoms with Crippen molar-refractivity contribution in [1.82, 2.24) is 9.78 Å². The summed E-state index contributed by atoms with van der Waals surface area (Å²) in [5.41, 5.74) is 3.65. The van der Waals surface area contributed by atoms with Crippen molar-refractivity contribution < 1.29 is 4.74 Å². The molecule has 0 unspecified atom stereocenters. The second-order valence-electron chi connectivity index (χ2n) is 3.78. The van der Waals surface area contributed by atoms with Crippen molar-refractivity contribution in [2.75, 3.05) is 13.7 Å². The lowest BCUT2D eigenvalue weighted by molar-refractivity contribution is 0.188. The van der Waals surface area contributed by atoms with Gasteiger partial charge in [-0.3, -0.25) is 4.68 Å². The maximum atomic E-state index is 5.99. The minimum absolute atomic E-state index is 0.566. The molecular weight excluding hydrogens is 224 g/mol. The van der Waals surface area contributed by atoms with Crippen molar-refractivity contribution in [2.45, 2.75) is 45.5 Å². The molecule has 92 valence electrons. The highest BCUT2D eigenvalue weighted by molar-refractivity contribution is 6.17. The number of aromatic nitrogens is 2. The van der Waals surface area contributed by atoms with Crippen LogP contribution in [0, 0.1) is 0 Å². The Kier molecular flexibility index (Phi) is 5.85. The molecule has 3 nitrogen and oxygen atoms in total. The molecule has 0 spiro atoms. The van der Waals surface area contributed by atoms with E-state index in [-0.39, 0.29) is 0 Å². The summed E-state index contributed by atoms with van der Waals surface area (Å²) in [6.45, 7) is 5.97. The topological polar surface area (TPSA) is 27.1 Å². The van der Waals surface area contributed by atoms with E-state index in [1.165, 1.54) is 11.3 Å². The molecule has 0 amide bonds. The van der Waals surface area contributed by atoms with Gasteiger partial charge in [-0.25, -0.2) is 0 Å². The Bertz CT molecular complexity index is 323. The molecule has 16 heavy (non-hydrogen) atoms. The van der Waals surface area contributed by atoms with E-state index < -0.39 is 0 Å². The molecule has 0 fully saturated rings. The van der Waals surface area contributed by atoms with E-state index in [1.54, 1.807) is 7.11 Å². The van der Waals surface area contributed by atoms with E-state index in [0.29, 0.717) is 5.88 Å². The molecule has 4 heteroatoms. The summed E-state index contributed by atoms with van der Waals surface area (Å²) in [6.07, 6.45) is 2.93. The Hall–Kier alpha value is -0.540. The molecule has 1 aromatic heterocycles. The Balaban J connectivity index is 2.85. The molecular formula is C12H21ClN2O. The molecule has 1 heterocycles. The zero-order valence-electron chi connectivity index (χ0n) is 10.4. The summed E-state index contributed by atoms with van der Waals surface area (Å²) >= 11 is 5.99. The van der Waals surface area contributed by atoms with Crippen LogP contribution >= 0.6 is 11.6 Å². The van der Waals surface area contributed by atoms with E-state index in [2.05, 4.69) is 23.6 Å². The summed E-state index contributed by atoms with van der Waals surface area (Å²) in [5, 5.41) is 4.62. The van der Waals surface area contributed by atoms with Crippen LogP contribution in [0.3, 0.4) is 0 Å². The summed E-state index contributed by atoms with van der Waals surface area (Å²) in [7, 11) is 1.73. The van der Waals surface area contributed by atoms with Crippen LogP contribution in [0.1, 0.15) is 37.2 Å². The van der Waals surface area contributed by atoms with Gasteiger partial charge in [0.1, 0.15) is 0 Å². The summed E-state index contributed by atoms with van der Waals surface area (Å²) in [6, 6.07) is 0. The van der Waals surface area contributed by atoms with E-state index in [1.807, 2.05) is 0 Å². The molecule has 0 saturated carbocycles. The van der Waals surface area contributed by atoms with Gasteiger partial charge in [-0.05, 0) is 19.3 Å². The molecule has 0 aromatic carbocycles. The van der Waals surface area contributed by atoms with Gasteiger partial charge in [0, 0.05) is 31.5 Å². The molecule has 0 atom stereocenters. The predicted molar refractivity (Wildman–Crippen MR) is 67.0 cm³/mol. The number of ether oxygens (including phenoxy) is 1. The number of methoxy groups -OCH3 is 1. The lowest BCUT2D eigenvalue weighted by Crippen LogP contribution is -2.07. The highest BCUT2D eigenvalue weighted by Gasteiger charge is 2.13. The zero-order valence-corrected chi connectivity index (χ0v) is 11.2. The Morgan fingerprint density at radius 2 is 2.06 bits per heavy atom. The first kappa shape index (κ1) is 13.5. The molecule has 0 N–H and O–H groups in total. The molecule has 1 rings (SSSR count). The summed E-state index contributed by atoms with van der Waals surface area (Å²) in [5.74, 6) is 0.566. The summed E-state index contributed by atoms with van der Waals surface area (Å²) in [4.78, 5) is 0. The van der Waals surface area contributed by atoms with Gasteiger partial charge in [0.15, 0.2) is 0 Å². The maximum Gasteiger partial charge on any atom is 0.0668 e. The number of aryl methyl sites for hydroxylation is 2. The number of alkyl halides is 1. The van der Waals surface area contributed by atoms with E-state index >= 15 is 0 Å². The van der Waals surface area contributed by atoms with Gasteiger partial charge >= 0.3 is 0 Å². The maximum absolute atomic E-state index is 5.99. The fourth-order valence-corrected chi connectivity index (χ4v) is 2.28. The van der Waals surface area contributed by atoms with Crippen molar-refractivity contribution in [1.29, 1.82) is 0 Å². The Morgan fingerprint density at radius 1 is 1.31 bits per heavy atom. The number of halogens is 1. The van der Waals surface area contributed by atoms with Crippen LogP contribution in [0.15, 0.2) is 0 Å².